The van der Waals surface area contributed by atoms with Gasteiger partial charge in [-0.05, 0) is 18.6 Å². The minimum atomic E-state index is -0.627. The summed E-state index contributed by atoms with van der Waals surface area (Å²) < 4.78 is 0. The number of aliphatic hydroxyl groups is 1. The Morgan fingerprint density at radius 2 is 2.09 bits per heavy atom. The number of halogens is 2. The summed E-state index contributed by atoms with van der Waals surface area (Å²) in [6, 6.07) is 3.01. The van der Waals surface area contributed by atoms with E-state index in [2.05, 4.69) is 0 Å². The third kappa shape index (κ3) is 3.88. The summed E-state index contributed by atoms with van der Waals surface area (Å²) in [5.74, 6) is -0.769. The van der Waals surface area contributed by atoms with Crippen molar-refractivity contribution in [2.75, 3.05) is 33.3 Å². The normalized spacial score (nSPS) is 17.4. The molecule has 0 radical (unpaired) electrons. The first-order valence-corrected chi connectivity index (χ1v) is 7.90. The molecule has 0 bridgehead atoms. The highest BCUT2D eigenvalue weighted by Crippen LogP contribution is 2.41. The zero-order chi connectivity index (χ0) is 17.1. The molecular formula is C15H18Cl2N2O4. The number of phenols is 1. The number of aromatic hydroxyl groups is 1. The van der Waals surface area contributed by atoms with Crippen LogP contribution >= 0.6 is 23.2 Å². The van der Waals surface area contributed by atoms with Crippen molar-refractivity contribution < 1.29 is 19.8 Å². The zero-order valence-corrected chi connectivity index (χ0v) is 14.1. The predicted octanol–water partition coefficient (Wildman–Crippen LogP) is 1.47. The van der Waals surface area contributed by atoms with Crippen molar-refractivity contribution in [3.8, 4) is 5.75 Å². The van der Waals surface area contributed by atoms with Crippen LogP contribution in [0, 0.1) is 0 Å². The average Bonchev–Trinajstić information content (AvgIpc) is 3.00. The Labute approximate surface area is 144 Å². The lowest BCUT2D eigenvalue weighted by Gasteiger charge is -2.21. The van der Waals surface area contributed by atoms with Crippen molar-refractivity contribution >= 4 is 35.0 Å². The molecule has 23 heavy (non-hydrogen) atoms. The number of carbonyl (C=O) groups is 2. The van der Waals surface area contributed by atoms with E-state index in [9.17, 15) is 14.7 Å². The van der Waals surface area contributed by atoms with Crippen LogP contribution in [0.2, 0.25) is 10.0 Å². The molecule has 1 aromatic carbocycles. The van der Waals surface area contributed by atoms with E-state index in [1.807, 2.05) is 0 Å². The van der Waals surface area contributed by atoms with E-state index in [0.29, 0.717) is 35.1 Å². The van der Waals surface area contributed by atoms with Crippen molar-refractivity contribution in [2.24, 2.45) is 0 Å². The van der Waals surface area contributed by atoms with Crippen LogP contribution in [0.1, 0.15) is 17.9 Å². The van der Waals surface area contributed by atoms with Gasteiger partial charge in [-0.2, -0.15) is 0 Å². The van der Waals surface area contributed by atoms with E-state index < -0.39 is 12.5 Å². The number of rotatable bonds is 4. The van der Waals surface area contributed by atoms with Crippen LogP contribution in [0.4, 0.5) is 0 Å². The number of likely N-dealkylation sites (tertiary alicyclic amines) is 1. The molecule has 126 valence electrons. The Balaban J connectivity index is 2.06. The first-order valence-electron chi connectivity index (χ1n) is 7.14. The molecule has 1 atom stereocenters. The van der Waals surface area contributed by atoms with Crippen LogP contribution in [-0.2, 0) is 9.59 Å². The second-order valence-electron chi connectivity index (χ2n) is 5.53. The van der Waals surface area contributed by atoms with E-state index in [-0.39, 0.29) is 24.1 Å². The van der Waals surface area contributed by atoms with Gasteiger partial charge in [0, 0.05) is 31.6 Å². The highest BCUT2D eigenvalue weighted by Gasteiger charge is 2.31. The lowest BCUT2D eigenvalue weighted by atomic mass is 9.97. The topological polar surface area (TPSA) is 81.1 Å². The van der Waals surface area contributed by atoms with Crippen LogP contribution in [0.15, 0.2) is 12.1 Å². The number of hydrogen-bond acceptors (Lipinski definition) is 4. The van der Waals surface area contributed by atoms with E-state index in [4.69, 9.17) is 28.3 Å². The quantitative estimate of drug-likeness (QED) is 0.851. The van der Waals surface area contributed by atoms with Crippen molar-refractivity contribution in [3.05, 3.63) is 27.7 Å². The molecule has 1 saturated heterocycles. The molecule has 1 aliphatic rings. The molecule has 8 heteroatoms. The number of hydrogen-bond donors (Lipinski definition) is 2. The fourth-order valence-electron chi connectivity index (χ4n) is 2.68. The number of carbonyl (C=O) groups excluding carboxylic acids is 2. The molecule has 0 saturated carbocycles. The zero-order valence-electron chi connectivity index (χ0n) is 12.6. The maximum Gasteiger partial charge on any atom is 0.248 e. The summed E-state index contributed by atoms with van der Waals surface area (Å²) in [5.41, 5.74) is 0.550. The fourth-order valence-corrected chi connectivity index (χ4v) is 3.16. The molecule has 2 N–H and O–H groups in total. The van der Waals surface area contributed by atoms with Gasteiger partial charge in [-0.15, -0.1) is 0 Å². The van der Waals surface area contributed by atoms with Gasteiger partial charge < -0.3 is 20.0 Å². The van der Waals surface area contributed by atoms with E-state index in [1.54, 1.807) is 4.90 Å². The smallest absolute Gasteiger partial charge is 0.248 e. The standard InChI is InChI=1S/C15H18Cl2N2O4/c1-18(13(23)8-20)7-12(22)19-5-4-9(6-19)14-11(21)3-2-10(16)15(14)17/h2-3,9,20-21H,4-8H2,1H3. The van der Waals surface area contributed by atoms with Gasteiger partial charge in [-0.1, -0.05) is 23.2 Å². The fraction of sp³-hybridized carbons (Fsp3) is 0.467. The van der Waals surface area contributed by atoms with Crippen molar-refractivity contribution in [1.29, 1.82) is 0 Å². The Bertz CT molecular complexity index is 624. The SMILES string of the molecule is CN(CC(=O)N1CCC(c2c(O)ccc(Cl)c2Cl)C1)C(=O)CO. The van der Waals surface area contributed by atoms with Gasteiger partial charge in [0.05, 0.1) is 16.6 Å². The molecule has 0 spiro atoms. The highest BCUT2D eigenvalue weighted by molar-refractivity contribution is 6.42. The maximum atomic E-state index is 12.2. The summed E-state index contributed by atoms with van der Waals surface area (Å²) in [6.45, 7) is 0.181. The Morgan fingerprint density at radius 1 is 1.39 bits per heavy atom. The monoisotopic (exact) mass is 360 g/mol. The Kier molecular flexibility index (Phi) is 5.73. The molecule has 0 aliphatic carbocycles. The minimum Gasteiger partial charge on any atom is -0.508 e. The van der Waals surface area contributed by atoms with E-state index in [1.165, 1.54) is 24.1 Å². The second kappa shape index (κ2) is 7.38. The van der Waals surface area contributed by atoms with Gasteiger partial charge in [0.15, 0.2) is 0 Å². The van der Waals surface area contributed by atoms with Gasteiger partial charge >= 0.3 is 0 Å². The first kappa shape index (κ1) is 17.8. The van der Waals surface area contributed by atoms with E-state index >= 15 is 0 Å². The van der Waals surface area contributed by atoms with Gasteiger partial charge in [0.1, 0.15) is 12.4 Å². The maximum absolute atomic E-state index is 12.2. The molecular weight excluding hydrogens is 343 g/mol. The third-order valence-corrected chi connectivity index (χ3v) is 4.81. The summed E-state index contributed by atoms with van der Waals surface area (Å²) in [7, 11) is 1.46. The molecule has 1 fully saturated rings. The van der Waals surface area contributed by atoms with Crippen LogP contribution in [0.25, 0.3) is 0 Å². The molecule has 1 aromatic rings. The van der Waals surface area contributed by atoms with E-state index in [0.717, 1.165) is 0 Å². The van der Waals surface area contributed by atoms with Crippen molar-refractivity contribution in [2.45, 2.75) is 12.3 Å². The first-order chi connectivity index (χ1) is 10.8. The Morgan fingerprint density at radius 3 is 2.74 bits per heavy atom. The van der Waals surface area contributed by atoms with Gasteiger partial charge in [0.2, 0.25) is 11.8 Å². The van der Waals surface area contributed by atoms with Gasteiger partial charge in [-0.25, -0.2) is 0 Å². The van der Waals surface area contributed by atoms with Crippen LogP contribution in [-0.4, -0.2) is 65.1 Å². The number of likely N-dealkylation sites (N-methyl/N-ethyl adjacent to an activating group) is 1. The molecule has 1 aliphatic heterocycles. The summed E-state index contributed by atoms with van der Waals surface area (Å²) in [4.78, 5) is 26.3. The summed E-state index contributed by atoms with van der Waals surface area (Å²) >= 11 is 12.2. The number of nitrogens with zero attached hydrogens (tertiary/aromatic N) is 2. The number of aliphatic hydroxyl groups excluding tert-OH is 1. The average molecular weight is 361 g/mol. The predicted molar refractivity (Wildman–Crippen MR) is 86.8 cm³/mol. The molecule has 0 aromatic heterocycles. The number of amides is 2. The summed E-state index contributed by atoms with van der Waals surface area (Å²) in [6.07, 6.45) is 0.650. The lowest BCUT2D eigenvalue weighted by molar-refractivity contribution is -0.140. The van der Waals surface area contributed by atoms with Gasteiger partial charge in [0.25, 0.3) is 0 Å². The van der Waals surface area contributed by atoms with Crippen LogP contribution < -0.4 is 0 Å². The lowest BCUT2D eigenvalue weighted by Crippen LogP contribution is -2.41. The minimum absolute atomic E-state index is 0.0614. The molecule has 1 unspecified atom stereocenters. The largest absolute Gasteiger partial charge is 0.508 e. The number of benzene rings is 1. The van der Waals surface area contributed by atoms with Crippen molar-refractivity contribution in [1.82, 2.24) is 9.80 Å². The van der Waals surface area contributed by atoms with Crippen LogP contribution in [0.3, 0.4) is 0 Å². The Hall–Kier alpha value is -1.50. The molecule has 2 amide bonds. The van der Waals surface area contributed by atoms with Gasteiger partial charge in [-0.3, -0.25) is 9.59 Å². The summed E-state index contributed by atoms with van der Waals surface area (Å²) in [5, 5.41) is 19.5. The second-order valence-corrected chi connectivity index (χ2v) is 6.31. The van der Waals surface area contributed by atoms with Crippen LogP contribution in [0.5, 0.6) is 5.75 Å². The highest BCUT2D eigenvalue weighted by atomic mass is 35.5. The molecule has 6 nitrogen and oxygen atoms in total. The molecule has 1 heterocycles. The number of phenolic OH excluding ortho intramolecular Hbond substituents is 1. The third-order valence-electron chi connectivity index (χ3n) is 3.99. The molecule has 2 rings (SSSR count). The van der Waals surface area contributed by atoms with Crippen molar-refractivity contribution in [3.63, 3.8) is 0 Å².